The number of benzene rings is 1. The van der Waals surface area contributed by atoms with Gasteiger partial charge in [0.25, 0.3) is 11.5 Å². The van der Waals surface area contributed by atoms with E-state index in [9.17, 15) is 9.59 Å². The summed E-state index contributed by atoms with van der Waals surface area (Å²) in [5, 5.41) is 5.32. The summed E-state index contributed by atoms with van der Waals surface area (Å²) in [5.74, 6) is -0.467. The quantitative estimate of drug-likeness (QED) is 0.661. The van der Waals surface area contributed by atoms with Crippen LogP contribution in [0.15, 0.2) is 41.5 Å². The van der Waals surface area contributed by atoms with Crippen LogP contribution >= 0.6 is 11.6 Å². The first-order valence-corrected chi connectivity index (χ1v) is 9.07. The first kappa shape index (κ1) is 18.8. The number of nitrogens with zero attached hydrogens (tertiary/aromatic N) is 4. The second kappa shape index (κ2) is 8.18. The molecule has 0 aliphatic carbocycles. The van der Waals surface area contributed by atoms with Crippen LogP contribution in [0, 0.1) is 6.92 Å². The molecule has 0 spiro atoms. The fraction of sp³-hybridized carbons (Fsp3) is 0.263. The number of fused-ring (bicyclic) bond motifs is 1. The molecule has 3 rings (SSSR count). The predicted molar refractivity (Wildman–Crippen MR) is 106 cm³/mol. The van der Waals surface area contributed by atoms with Crippen molar-refractivity contribution in [1.29, 1.82) is 0 Å². The Balaban J connectivity index is 1.78. The summed E-state index contributed by atoms with van der Waals surface area (Å²) >= 11 is 6.35. The Kier molecular flexibility index (Phi) is 5.71. The van der Waals surface area contributed by atoms with Crippen LogP contribution in [-0.4, -0.2) is 25.3 Å². The molecule has 0 atom stereocenters. The zero-order valence-corrected chi connectivity index (χ0v) is 15.9. The van der Waals surface area contributed by atoms with Gasteiger partial charge in [-0.1, -0.05) is 37.1 Å². The van der Waals surface area contributed by atoms with Crippen molar-refractivity contribution in [2.75, 3.05) is 5.43 Å². The minimum Gasteiger partial charge on any atom is -0.268 e. The highest BCUT2D eigenvalue weighted by atomic mass is 35.5. The van der Waals surface area contributed by atoms with Crippen LogP contribution in [-0.2, 0) is 11.3 Å². The van der Waals surface area contributed by atoms with E-state index in [2.05, 4.69) is 22.4 Å². The Labute approximate surface area is 161 Å². The molecular formula is C19H20ClN5O2. The van der Waals surface area contributed by atoms with Crippen LogP contribution in [0.4, 0.5) is 0 Å². The molecule has 0 saturated carbocycles. The van der Waals surface area contributed by atoms with Crippen LogP contribution in [0.25, 0.3) is 17.0 Å². The Bertz CT molecular complexity index is 1070. The molecule has 27 heavy (non-hydrogen) atoms. The zero-order chi connectivity index (χ0) is 19.4. The van der Waals surface area contributed by atoms with Gasteiger partial charge in [0.15, 0.2) is 0 Å². The number of para-hydroxylation sites is 1. The number of nitrogens with one attached hydrogen (secondary N) is 1. The topological polar surface area (TPSA) is 81.8 Å². The van der Waals surface area contributed by atoms with E-state index in [1.807, 2.05) is 6.92 Å². The van der Waals surface area contributed by atoms with Gasteiger partial charge in [0, 0.05) is 18.2 Å². The molecule has 0 aliphatic rings. The van der Waals surface area contributed by atoms with Gasteiger partial charge in [-0.15, -0.1) is 0 Å². The third-order valence-corrected chi connectivity index (χ3v) is 4.53. The average molecular weight is 386 g/mol. The largest absolute Gasteiger partial charge is 0.280 e. The number of carbonyl (C=O) groups excluding carboxylic acids is 1. The van der Waals surface area contributed by atoms with Crippen LogP contribution in [0.5, 0.6) is 0 Å². The van der Waals surface area contributed by atoms with E-state index in [0.29, 0.717) is 21.6 Å². The fourth-order valence-electron chi connectivity index (χ4n) is 2.68. The molecule has 1 amide bonds. The molecular weight excluding hydrogens is 366 g/mol. The maximum Gasteiger partial charge on any atom is 0.280 e. The Morgan fingerprint density at radius 2 is 2.11 bits per heavy atom. The molecule has 1 aromatic carbocycles. The van der Waals surface area contributed by atoms with E-state index in [1.165, 1.54) is 12.4 Å². The molecule has 0 radical (unpaired) electrons. The third kappa shape index (κ3) is 4.09. The van der Waals surface area contributed by atoms with Crippen molar-refractivity contribution in [2.45, 2.75) is 33.2 Å². The summed E-state index contributed by atoms with van der Waals surface area (Å²) in [6.45, 7) is 4.66. The van der Waals surface area contributed by atoms with Gasteiger partial charge in [-0.05, 0) is 31.6 Å². The lowest BCUT2D eigenvalue weighted by Crippen LogP contribution is -2.32. The first-order valence-electron chi connectivity index (χ1n) is 8.69. The molecule has 0 fully saturated rings. The lowest BCUT2D eigenvalue weighted by atomic mass is 10.2. The van der Waals surface area contributed by atoms with Crippen molar-refractivity contribution in [3.8, 4) is 0 Å². The monoisotopic (exact) mass is 385 g/mol. The normalized spacial score (nSPS) is 11.4. The summed E-state index contributed by atoms with van der Waals surface area (Å²) in [7, 11) is 0. The minimum atomic E-state index is -0.467. The number of unbranched alkanes of at least 4 members (excludes halogenated alkanes) is 1. The Morgan fingerprint density at radius 1 is 1.33 bits per heavy atom. The number of hydrogen-bond donors (Lipinski definition) is 1. The highest BCUT2D eigenvalue weighted by Gasteiger charge is 2.11. The van der Waals surface area contributed by atoms with Gasteiger partial charge in [0.1, 0.15) is 11.5 Å². The molecule has 0 bridgehead atoms. The van der Waals surface area contributed by atoms with Gasteiger partial charge in [-0.3, -0.25) is 19.7 Å². The van der Waals surface area contributed by atoms with Gasteiger partial charge < -0.3 is 0 Å². The van der Waals surface area contributed by atoms with Crippen molar-refractivity contribution in [3.05, 3.63) is 63.4 Å². The number of aromatic nitrogens is 4. The third-order valence-electron chi connectivity index (χ3n) is 4.13. The van der Waals surface area contributed by atoms with Crippen molar-refractivity contribution >= 4 is 34.5 Å². The number of carbonyl (C=O) groups is 1. The van der Waals surface area contributed by atoms with Gasteiger partial charge in [-0.2, -0.15) is 5.10 Å². The molecule has 1 N–H and O–H groups in total. The van der Waals surface area contributed by atoms with Crippen LogP contribution < -0.4 is 11.0 Å². The molecule has 140 valence electrons. The van der Waals surface area contributed by atoms with E-state index in [4.69, 9.17) is 11.6 Å². The lowest BCUT2D eigenvalue weighted by molar-refractivity contribution is -0.112. The van der Waals surface area contributed by atoms with E-state index >= 15 is 0 Å². The molecule has 2 aromatic heterocycles. The van der Waals surface area contributed by atoms with Crippen molar-refractivity contribution < 1.29 is 4.79 Å². The maximum atomic E-state index is 12.4. The molecule has 7 nitrogen and oxygen atoms in total. The number of aryl methyl sites for hydroxylation is 2. The number of hydrogen-bond acceptors (Lipinski definition) is 4. The van der Waals surface area contributed by atoms with Crippen molar-refractivity contribution in [3.63, 3.8) is 0 Å². The zero-order valence-electron chi connectivity index (χ0n) is 15.1. The van der Waals surface area contributed by atoms with Crippen LogP contribution in [0.2, 0.25) is 5.15 Å². The predicted octanol–water partition coefficient (Wildman–Crippen LogP) is 3.14. The highest BCUT2D eigenvalue weighted by Crippen LogP contribution is 2.21. The maximum absolute atomic E-state index is 12.4. The number of rotatable bonds is 6. The van der Waals surface area contributed by atoms with E-state index in [1.54, 1.807) is 35.0 Å². The van der Waals surface area contributed by atoms with Crippen LogP contribution in [0.3, 0.4) is 0 Å². The second-order valence-electron chi connectivity index (χ2n) is 6.11. The summed E-state index contributed by atoms with van der Waals surface area (Å²) in [6.07, 6.45) is 6.22. The first-order chi connectivity index (χ1) is 13.0. The van der Waals surface area contributed by atoms with Crippen LogP contribution in [0.1, 0.15) is 31.0 Å². The summed E-state index contributed by atoms with van der Waals surface area (Å²) in [6, 6.07) is 6.95. The molecule has 2 heterocycles. The van der Waals surface area contributed by atoms with Gasteiger partial charge in [0.2, 0.25) is 0 Å². The lowest BCUT2D eigenvalue weighted by Gasteiger charge is -2.06. The smallest absolute Gasteiger partial charge is 0.268 e. The van der Waals surface area contributed by atoms with Gasteiger partial charge in [0.05, 0.1) is 16.6 Å². The SMILES string of the molecule is CCCCn1nc(C)c(/C=C/C(=O)Nn2cnc3ccccc3c2=O)c1Cl. The molecule has 3 aromatic rings. The minimum absolute atomic E-state index is 0.344. The summed E-state index contributed by atoms with van der Waals surface area (Å²) in [5.41, 5.74) is 4.16. The van der Waals surface area contributed by atoms with Crippen molar-refractivity contribution in [1.82, 2.24) is 19.4 Å². The van der Waals surface area contributed by atoms with E-state index < -0.39 is 5.91 Å². The summed E-state index contributed by atoms with van der Waals surface area (Å²) in [4.78, 5) is 28.8. The number of halogens is 1. The van der Waals surface area contributed by atoms with E-state index in [0.717, 1.165) is 29.8 Å². The molecule has 0 unspecified atom stereocenters. The van der Waals surface area contributed by atoms with E-state index in [-0.39, 0.29) is 5.56 Å². The van der Waals surface area contributed by atoms with Crippen molar-refractivity contribution in [2.24, 2.45) is 0 Å². The Hall–Kier alpha value is -2.93. The summed E-state index contributed by atoms with van der Waals surface area (Å²) < 4.78 is 2.80. The molecule has 8 heteroatoms. The fourth-order valence-corrected chi connectivity index (χ4v) is 3.00. The number of amides is 1. The van der Waals surface area contributed by atoms with Gasteiger partial charge in [-0.25, -0.2) is 9.66 Å². The molecule has 0 aliphatic heterocycles. The highest BCUT2D eigenvalue weighted by molar-refractivity contribution is 6.31. The molecule has 0 saturated heterocycles. The second-order valence-corrected chi connectivity index (χ2v) is 6.47. The van der Waals surface area contributed by atoms with Gasteiger partial charge >= 0.3 is 0 Å². The standard InChI is InChI=1S/C19H20ClN5O2/c1-3-4-11-24-18(20)14(13(2)22-24)9-10-17(26)23-25-12-21-16-8-6-5-7-15(16)19(25)27/h5-10,12H,3-4,11H2,1-2H3,(H,23,26)/b10-9+. The Morgan fingerprint density at radius 3 is 2.89 bits per heavy atom. The average Bonchev–Trinajstić information content (AvgIpc) is 2.94.